The number of hydrogen-bond donors (Lipinski definition) is 11. The van der Waals surface area contributed by atoms with Crippen LogP contribution in [0, 0.1) is 11.8 Å². The van der Waals surface area contributed by atoms with Gasteiger partial charge >= 0.3 is 0 Å². The van der Waals surface area contributed by atoms with Gasteiger partial charge in [-0.1, -0.05) is 34.1 Å². The summed E-state index contributed by atoms with van der Waals surface area (Å²) in [4.78, 5) is 150. The molecular weight excluding hydrogens is 971 g/mol. The Bertz CT molecular complexity index is 2050. The molecule has 10 amide bonds. The summed E-state index contributed by atoms with van der Waals surface area (Å²) in [7, 11) is 0. The van der Waals surface area contributed by atoms with Crippen LogP contribution in [0.3, 0.4) is 0 Å². The number of aliphatic imine (C=N–C) groups is 1. The zero-order valence-corrected chi connectivity index (χ0v) is 45.0. The lowest BCUT2D eigenvalue weighted by atomic mass is 9.96. The van der Waals surface area contributed by atoms with Gasteiger partial charge in [0.2, 0.25) is 59.1 Å². The van der Waals surface area contributed by atoms with Gasteiger partial charge in [-0.15, -0.1) is 0 Å². The number of rotatable bonds is 15. The van der Waals surface area contributed by atoms with Gasteiger partial charge in [-0.3, -0.25) is 52.9 Å². The molecule has 0 radical (unpaired) electrons. The van der Waals surface area contributed by atoms with Crippen molar-refractivity contribution in [2.75, 3.05) is 39.3 Å². The second-order valence-corrected chi connectivity index (χ2v) is 20.8. The predicted molar refractivity (Wildman–Crippen MR) is 279 cm³/mol. The smallest absolute Gasteiger partial charge is 0.246 e. The van der Waals surface area contributed by atoms with E-state index in [9.17, 15) is 47.9 Å². The monoisotopic (exact) mass is 1060 g/mol. The van der Waals surface area contributed by atoms with Gasteiger partial charge in [0.25, 0.3) is 0 Å². The lowest BCUT2D eigenvalue weighted by molar-refractivity contribution is -0.148. The Morgan fingerprint density at radius 1 is 0.507 bits per heavy atom. The van der Waals surface area contributed by atoms with Crippen molar-refractivity contribution in [3.63, 3.8) is 0 Å². The topological polar surface area (TPSA) is 381 Å². The fourth-order valence-corrected chi connectivity index (χ4v) is 10.1. The van der Waals surface area contributed by atoms with Gasteiger partial charge in [-0.25, -0.2) is 0 Å². The first-order valence-electron chi connectivity index (χ1n) is 27.1. The Labute approximate surface area is 441 Å². The Morgan fingerprint density at radius 2 is 0.947 bits per heavy atom. The number of nitrogens with two attached hydrogens (primary N) is 4. The molecule has 0 unspecified atom stereocenters. The van der Waals surface area contributed by atoms with Crippen molar-refractivity contribution in [2.24, 2.45) is 39.8 Å². The van der Waals surface area contributed by atoms with E-state index in [4.69, 9.17) is 22.9 Å². The van der Waals surface area contributed by atoms with Crippen molar-refractivity contribution >= 4 is 65.0 Å². The molecule has 4 heterocycles. The molecule has 0 aromatic heterocycles. The molecule has 4 fully saturated rings. The predicted octanol–water partition coefficient (Wildman–Crippen LogP) is -2.58. The first kappa shape index (κ1) is 61.4. The lowest BCUT2D eigenvalue weighted by Crippen LogP contribution is -2.62. The molecule has 25 heteroatoms. The normalized spacial score (nSPS) is 29.0. The van der Waals surface area contributed by atoms with Crippen LogP contribution in [0.4, 0.5) is 0 Å². The van der Waals surface area contributed by atoms with Crippen LogP contribution in [0.5, 0.6) is 0 Å². The molecule has 75 heavy (non-hydrogen) atoms. The molecule has 4 aliphatic heterocycles. The van der Waals surface area contributed by atoms with E-state index < -0.39 is 131 Å². The van der Waals surface area contributed by atoms with Crippen molar-refractivity contribution in [1.82, 2.24) is 51.9 Å². The van der Waals surface area contributed by atoms with Crippen LogP contribution in [0.1, 0.15) is 138 Å². The van der Waals surface area contributed by atoms with E-state index in [2.05, 4.69) is 42.2 Å². The first-order valence-corrected chi connectivity index (χ1v) is 27.1. The van der Waals surface area contributed by atoms with E-state index >= 15 is 0 Å². The average molecular weight is 1060 g/mol. The van der Waals surface area contributed by atoms with Crippen molar-refractivity contribution in [3.05, 3.63) is 0 Å². The third-order valence-corrected chi connectivity index (χ3v) is 14.7. The van der Waals surface area contributed by atoms with Gasteiger partial charge in [0.15, 0.2) is 5.96 Å². The molecular formula is C50H87N15O10. The summed E-state index contributed by atoms with van der Waals surface area (Å²) in [5, 5.41) is 19.4. The maximum Gasteiger partial charge on any atom is 0.246 e. The molecule has 0 aromatic rings. The second kappa shape index (κ2) is 29.8. The minimum atomic E-state index is -1.29. The Morgan fingerprint density at radius 3 is 1.47 bits per heavy atom. The van der Waals surface area contributed by atoms with Gasteiger partial charge in [0.1, 0.15) is 60.4 Å². The van der Waals surface area contributed by atoms with Crippen molar-refractivity contribution in [3.8, 4) is 0 Å². The number of carbonyl (C=O) groups excluding carboxylic acids is 10. The van der Waals surface area contributed by atoms with Crippen LogP contribution in [-0.2, 0) is 47.9 Å². The molecule has 4 aliphatic rings. The van der Waals surface area contributed by atoms with Crippen LogP contribution in [0.25, 0.3) is 0 Å². The fraction of sp³-hybridized carbons (Fsp3) is 0.780. The molecule has 11 atom stereocenters. The van der Waals surface area contributed by atoms with Crippen molar-refractivity contribution in [2.45, 2.75) is 198 Å². The van der Waals surface area contributed by atoms with E-state index in [1.54, 1.807) is 20.8 Å². The van der Waals surface area contributed by atoms with Gasteiger partial charge < -0.3 is 74.9 Å². The zero-order valence-electron chi connectivity index (χ0n) is 45.0. The minimum Gasteiger partial charge on any atom is -0.370 e. The maximum absolute atomic E-state index is 14.6. The average Bonchev–Trinajstić information content (AvgIpc) is 4.19. The summed E-state index contributed by atoms with van der Waals surface area (Å²) in [5.74, 6) is -7.37. The molecule has 0 saturated carbocycles. The summed E-state index contributed by atoms with van der Waals surface area (Å²) in [5.41, 5.74) is 22.8. The molecule has 422 valence electrons. The first-order chi connectivity index (χ1) is 35.6. The molecule has 0 aromatic carbocycles. The number of hydrogen-bond acceptors (Lipinski definition) is 13. The van der Waals surface area contributed by atoms with Gasteiger partial charge in [0.05, 0.1) is 0 Å². The summed E-state index contributed by atoms with van der Waals surface area (Å²) < 4.78 is 0. The number of amides is 10. The van der Waals surface area contributed by atoms with Crippen LogP contribution in [-0.4, -0.2) is 179 Å². The van der Waals surface area contributed by atoms with Crippen LogP contribution < -0.4 is 60.2 Å². The van der Waals surface area contributed by atoms with Gasteiger partial charge in [0, 0.05) is 26.2 Å². The highest BCUT2D eigenvalue weighted by atomic mass is 16.2. The molecule has 4 rings (SSSR count). The molecule has 0 bridgehead atoms. The highest BCUT2D eigenvalue weighted by Crippen LogP contribution is 2.27. The quantitative estimate of drug-likeness (QED) is 0.0456. The van der Waals surface area contributed by atoms with Gasteiger partial charge in [-0.05, 0) is 129 Å². The van der Waals surface area contributed by atoms with E-state index in [1.807, 2.05) is 6.92 Å². The second-order valence-electron chi connectivity index (χ2n) is 20.8. The Kier molecular flexibility index (Phi) is 24.4. The summed E-state index contributed by atoms with van der Waals surface area (Å²) in [6.07, 6.45) is 5.11. The van der Waals surface area contributed by atoms with E-state index in [0.717, 1.165) is 0 Å². The lowest BCUT2D eigenvalue weighted by Gasteiger charge is -2.33. The molecule has 25 nitrogen and oxygen atoms in total. The van der Waals surface area contributed by atoms with E-state index in [-0.39, 0.29) is 64.2 Å². The largest absolute Gasteiger partial charge is 0.370 e. The van der Waals surface area contributed by atoms with Crippen LogP contribution in [0.2, 0.25) is 0 Å². The number of unbranched alkanes of at least 4 members (excludes halogenated alkanes) is 2. The van der Waals surface area contributed by atoms with Crippen LogP contribution in [0.15, 0.2) is 4.99 Å². The number of carbonyl (C=O) groups is 10. The fourth-order valence-electron chi connectivity index (χ4n) is 10.1. The minimum absolute atomic E-state index is 0.00632. The standard InChI is InChI=1S/C50H87N15O10/c1-7-29(4)39-46(72)61-38(28(2)3)45(71)59-33(18-12-24-55-50(53)54)41(67)58-32(16-8-10-22-51)42(68)60-34(17-9-11-23-52)48(74)63-25-13-19-35(63)44(70)57-31(6)47(73)65-27-15-21-37(65)49(75)64-26-14-20-36(64)43(69)56-30(5)40(66)62-39/h28-39H,7-27,51-52H2,1-6H3,(H,56,69)(H,57,70)(H,58,67)(H,59,71)(H,60,68)(H,61,72)(H,62,66)(H4,53,54,55)/t29-,30-,31-,32-,33-,34-,35-,36-,37+,38-,39-/m0/s1. The molecule has 0 aliphatic carbocycles. The Balaban J connectivity index is 1.75. The number of guanidine groups is 1. The highest BCUT2D eigenvalue weighted by Gasteiger charge is 2.45. The highest BCUT2D eigenvalue weighted by molar-refractivity contribution is 6.00. The Hall–Kier alpha value is -6.11. The summed E-state index contributed by atoms with van der Waals surface area (Å²) in [6, 6.07) is -11.2. The van der Waals surface area contributed by atoms with E-state index in [1.165, 1.54) is 28.5 Å². The number of fused-ring (bicyclic) bond motifs is 3. The summed E-state index contributed by atoms with van der Waals surface area (Å²) in [6.45, 7) is 11.3. The molecule has 4 saturated heterocycles. The third kappa shape index (κ3) is 17.2. The van der Waals surface area contributed by atoms with E-state index in [0.29, 0.717) is 77.3 Å². The maximum atomic E-state index is 14.6. The zero-order chi connectivity index (χ0) is 55.5. The third-order valence-electron chi connectivity index (χ3n) is 14.7. The molecule has 15 N–H and O–H groups in total. The number of nitrogens with one attached hydrogen (secondary N) is 7. The van der Waals surface area contributed by atoms with Gasteiger partial charge in [-0.2, -0.15) is 0 Å². The number of nitrogens with zero attached hydrogens (tertiary/aromatic N) is 4. The SMILES string of the molecule is CC[C@H](C)[C@@H]1NC(=O)[C@H](C)NC(=O)[C@@H]2CCCN2C(=O)[C@H]2CCCN2C(=O)[C@H](C)NC(=O)[C@@H]2CCCN2C(=O)[C@H](CCCCN)NC(=O)[C@H](CCCCN)NC(=O)[C@H](CCCN=C(N)N)NC(=O)[C@H](C(C)C)NC1=O. The summed E-state index contributed by atoms with van der Waals surface area (Å²) >= 11 is 0. The van der Waals surface area contributed by atoms with Crippen LogP contribution >= 0.6 is 0 Å². The van der Waals surface area contributed by atoms with Crippen molar-refractivity contribution in [1.29, 1.82) is 0 Å². The van der Waals surface area contributed by atoms with Crippen molar-refractivity contribution < 1.29 is 47.9 Å². The molecule has 0 spiro atoms.